The van der Waals surface area contributed by atoms with Crippen LogP contribution < -0.4 is 9.62 Å². The Morgan fingerprint density at radius 2 is 1.58 bits per heavy atom. The highest BCUT2D eigenvalue weighted by Crippen LogP contribution is 2.26. The summed E-state index contributed by atoms with van der Waals surface area (Å²) in [6, 6.07) is 18.7. The van der Waals surface area contributed by atoms with E-state index in [0.717, 1.165) is 16.3 Å². The zero-order valence-corrected chi connectivity index (χ0v) is 23.9. The quantitative estimate of drug-likeness (QED) is 0.330. The molecule has 0 heterocycles. The summed E-state index contributed by atoms with van der Waals surface area (Å²) in [6.45, 7) is 5.34. The molecule has 0 aliphatic rings. The van der Waals surface area contributed by atoms with Gasteiger partial charge in [0.1, 0.15) is 12.6 Å². The number of carbonyl (C=O) groups excluding carboxylic acids is 2. The van der Waals surface area contributed by atoms with Crippen LogP contribution in [-0.4, -0.2) is 44.3 Å². The maximum atomic E-state index is 13.8. The zero-order chi connectivity index (χ0) is 27.9. The van der Waals surface area contributed by atoms with Gasteiger partial charge in [0.15, 0.2) is 0 Å². The molecule has 0 saturated heterocycles. The molecule has 0 radical (unpaired) electrons. The number of amides is 2. The third kappa shape index (κ3) is 7.28. The minimum Gasteiger partial charge on any atom is -0.354 e. The third-order valence-corrected chi connectivity index (χ3v) is 8.43. The Hall–Kier alpha value is -3.07. The summed E-state index contributed by atoms with van der Waals surface area (Å²) < 4.78 is 28.6. The number of nitrogens with zero attached hydrogens (tertiary/aromatic N) is 2. The van der Waals surface area contributed by atoms with Crippen LogP contribution in [-0.2, 0) is 26.2 Å². The van der Waals surface area contributed by atoms with Gasteiger partial charge in [-0.15, -0.1) is 0 Å². The predicted molar refractivity (Wildman–Crippen MR) is 152 cm³/mol. The molecular formula is C28H31Cl2N3O4S. The lowest BCUT2D eigenvalue weighted by molar-refractivity contribution is -0.139. The van der Waals surface area contributed by atoms with E-state index in [-0.39, 0.29) is 23.0 Å². The van der Waals surface area contributed by atoms with E-state index >= 15 is 0 Å². The van der Waals surface area contributed by atoms with Gasteiger partial charge < -0.3 is 10.2 Å². The van der Waals surface area contributed by atoms with Gasteiger partial charge in [-0.05, 0) is 68.3 Å². The van der Waals surface area contributed by atoms with Crippen molar-refractivity contribution in [2.75, 3.05) is 17.4 Å². The normalized spacial score (nSPS) is 12.0. The van der Waals surface area contributed by atoms with Crippen LogP contribution in [0.4, 0.5) is 5.69 Å². The van der Waals surface area contributed by atoms with Crippen LogP contribution in [0.3, 0.4) is 0 Å². The number of nitrogens with one attached hydrogen (secondary N) is 1. The maximum Gasteiger partial charge on any atom is 0.264 e. The van der Waals surface area contributed by atoms with Crippen molar-refractivity contribution in [2.45, 2.75) is 44.7 Å². The predicted octanol–water partition coefficient (Wildman–Crippen LogP) is 5.44. The van der Waals surface area contributed by atoms with E-state index < -0.39 is 28.5 Å². The molecule has 1 atom stereocenters. The largest absolute Gasteiger partial charge is 0.354 e. The number of carbonyl (C=O) groups is 2. The fourth-order valence-electron chi connectivity index (χ4n) is 3.76. The summed E-state index contributed by atoms with van der Waals surface area (Å²) in [7, 11) is -4.14. The molecule has 0 aliphatic heterocycles. The van der Waals surface area contributed by atoms with E-state index in [9.17, 15) is 18.0 Å². The highest BCUT2D eigenvalue weighted by molar-refractivity contribution is 7.92. The van der Waals surface area contributed by atoms with E-state index in [2.05, 4.69) is 5.32 Å². The Kier molecular flexibility index (Phi) is 10.2. The van der Waals surface area contributed by atoms with Crippen molar-refractivity contribution in [3.8, 4) is 0 Å². The summed E-state index contributed by atoms with van der Waals surface area (Å²) in [4.78, 5) is 28.1. The van der Waals surface area contributed by atoms with Gasteiger partial charge in [-0.2, -0.15) is 0 Å². The number of hydrogen-bond acceptors (Lipinski definition) is 4. The second-order valence-electron chi connectivity index (χ2n) is 8.88. The molecular weight excluding hydrogens is 545 g/mol. The topological polar surface area (TPSA) is 86.8 Å². The average Bonchev–Trinajstić information content (AvgIpc) is 2.90. The lowest BCUT2D eigenvalue weighted by atomic mass is 10.1. The summed E-state index contributed by atoms with van der Waals surface area (Å²) in [5.74, 6) is -0.901. The third-order valence-electron chi connectivity index (χ3n) is 6.02. The van der Waals surface area contributed by atoms with Crippen molar-refractivity contribution in [2.24, 2.45) is 0 Å². The monoisotopic (exact) mass is 575 g/mol. The highest BCUT2D eigenvalue weighted by atomic mass is 35.5. The SMILES string of the molecule is CCCNC(=O)[C@@H](C)N(Cc1ccccc1Cl)C(=O)CN(c1ccc(Cl)cc1)S(=O)(=O)c1ccc(C)cc1. The molecule has 0 spiro atoms. The summed E-state index contributed by atoms with van der Waals surface area (Å²) in [5.41, 5.74) is 1.80. The number of anilines is 1. The zero-order valence-electron chi connectivity index (χ0n) is 21.5. The number of halogens is 2. The molecule has 0 unspecified atom stereocenters. The number of hydrogen-bond donors (Lipinski definition) is 1. The summed E-state index contributed by atoms with van der Waals surface area (Å²) in [6.07, 6.45) is 0.732. The Bertz CT molecular complexity index is 1360. The Morgan fingerprint density at radius 3 is 2.18 bits per heavy atom. The first kappa shape index (κ1) is 29.5. The van der Waals surface area contributed by atoms with E-state index in [1.165, 1.54) is 29.2 Å². The molecule has 7 nitrogen and oxygen atoms in total. The van der Waals surface area contributed by atoms with Gasteiger partial charge in [-0.3, -0.25) is 13.9 Å². The van der Waals surface area contributed by atoms with Crippen LogP contribution in [0.5, 0.6) is 0 Å². The van der Waals surface area contributed by atoms with Gasteiger partial charge in [0.05, 0.1) is 10.6 Å². The first-order valence-corrected chi connectivity index (χ1v) is 14.4. The van der Waals surface area contributed by atoms with Gasteiger partial charge in [0, 0.05) is 23.1 Å². The lowest BCUT2D eigenvalue weighted by Crippen LogP contribution is -2.51. The van der Waals surface area contributed by atoms with E-state index in [1.807, 2.05) is 13.8 Å². The van der Waals surface area contributed by atoms with Gasteiger partial charge in [-0.1, -0.05) is 66.0 Å². The van der Waals surface area contributed by atoms with Crippen LogP contribution in [0, 0.1) is 6.92 Å². The fourth-order valence-corrected chi connectivity index (χ4v) is 5.50. The molecule has 0 aliphatic carbocycles. The van der Waals surface area contributed by atoms with Crippen molar-refractivity contribution in [3.63, 3.8) is 0 Å². The molecule has 3 aromatic carbocycles. The Balaban J connectivity index is 2.02. The van der Waals surface area contributed by atoms with Gasteiger partial charge in [-0.25, -0.2) is 8.42 Å². The van der Waals surface area contributed by atoms with Gasteiger partial charge >= 0.3 is 0 Å². The molecule has 0 saturated carbocycles. The van der Waals surface area contributed by atoms with Gasteiger partial charge in [0.25, 0.3) is 10.0 Å². The molecule has 0 fully saturated rings. The molecule has 0 aromatic heterocycles. The smallest absolute Gasteiger partial charge is 0.264 e. The van der Waals surface area contributed by atoms with Crippen LogP contribution >= 0.6 is 23.2 Å². The van der Waals surface area contributed by atoms with E-state index in [4.69, 9.17) is 23.2 Å². The minimum absolute atomic E-state index is 0.0260. The minimum atomic E-state index is -4.14. The number of rotatable bonds is 11. The second-order valence-corrected chi connectivity index (χ2v) is 11.6. The molecule has 3 aromatic rings. The first-order valence-electron chi connectivity index (χ1n) is 12.2. The highest BCUT2D eigenvalue weighted by Gasteiger charge is 2.32. The van der Waals surface area contributed by atoms with Gasteiger partial charge in [0.2, 0.25) is 11.8 Å². The van der Waals surface area contributed by atoms with Crippen molar-refractivity contribution in [1.29, 1.82) is 0 Å². The molecule has 1 N–H and O–H groups in total. The van der Waals surface area contributed by atoms with Crippen LogP contribution in [0.25, 0.3) is 0 Å². The van der Waals surface area contributed by atoms with Crippen LogP contribution in [0.15, 0.2) is 77.7 Å². The molecule has 3 rings (SSSR count). The molecule has 10 heteroatoms. The number of aryl methyl sites for hydroxylation is 1. The van der Waals surface area contributed by atoms with E-state index in [1.54, 1.807) is 55.5 Å². The number of sulfonamides is 1. The Labute approximate surface area is 234 Å². The van der Waals surface area contributed by atoms with Crippen LogP contribution in [0.1, 0.15) is 31.4 Å². The summed E-state index contributed by atoms with van der Waals surface area (Å²) >= 11 is 12.4. The van der Waals surface area contributed by atoms with Crippen molar-refractivity contribution >= 4 is 50.7 Å². The Morgan fingerprint density at radius 1 is 0.947 bits per heavy atom. The second kappa shape index (κ2) is 13.1. The molecule has 202 valence electrons. The fraction of sp³-hybridized carbons (Fsp3) is 0.286. The summed E-state index contributed by atoms with van der Waals surface area (Å²) in [5, 5.41) is 3.67. The lowest BCUT2D eigenvalue weighted by Gasteiger charge is -2.32. The van der Waals surface area contributed by atoms with E-state index in [0.29, 0.717) is 22.2 Å². The average molecular weight is 577 g/mol. The maximum absolute atomic E-state index is 13.8. The van der Waals surface area contributed by atoms with Crippen molar-refractivity contribution in [3.05, 3.63) is 94.0 Å². The standard InChI is InChI=1S/C28H31Cl2N3O4S/c1-4-17-31-28(35)21(3)32(18-22-7-5-6-8-26(22)30)27(34)19-33(24-13-11-23(29)12-14-24)38(36,37)25-15-9-20(2)10-16-25/h5-16,21H,4,17-19H2,1-3H3,(H,31,35)/t21-/m1/s1. The van der Waals surface area contributed by atoms with Crippen molar-refractivity contribution in [1.82, 2.24) is 10.2 Å². The van der Waals surface area contributed by atoms with Crippen molar-refractivity contribution < 1.29 is 18.0 Å². The molecule has 0 bridgehead atoms. The molecule has 38 heavy (non-hydrogen) atoms. The van der Waals surface area contributed by atoms with Crippen LogP contribution in [0.2, 0.25) is 10.0 Å². The number of benzene rings is 3. The molecule has 2 amide bonds. The first-order chi connectivity index (χ1) is 18.0.